The van der Waals surface area contributed by atoms with Crippen molar-refractivity contribution in [1.29, 1.82) is 0 Å². The van der Waals surface area contributed by atoms with Crippen LogP contribution in [0, 0.1) is 0 Å². The van der Waals surface area contributed by atoms with Crippen LogP contribution >= 0.6 is 23.2 Å². The third kappa shape index (κ3) is 5.10. The van der Waals surface area contributed by atoms with Crippen LogP contribution in [0.2, 0.25) is 10.0 Å². The Labute approximate surface area is 209 Å². The lowest BCUT2D eigenvalue weighted by molar-refractivity contribution is -0.670. The van der Waals surface area contributed by atoms with Gasteiger partial charge in [0, 0.05) is 34.5 Å². The number of halogens is 2. The van der Waals surface area contributed by atoms with E-state index in [4.69, 9.17) is 27.9 Å². The number of fused-ring (bicyclic) bond motifs is 2. The minimum absolute atomic E-state index is 0.205. The number of rotatable bonds is 8. The van der Waals surface area contributed by atoms with Gasteiger partial charge < -0.3 is 14.2 Å². The summed E-state index contributed by atoms with van der Waals surface area (Å²) < 4.78 is 43.5. The zero-order valence-corrected chi connectivity index (χ0v) is 21.2. The molecule has 0 saturated heterocycles. The van der Waals surface area contributed by atoms with Gasteiger partial charge in [-0.2, -0.15) is 0 Å². The minimum atomic E-state index is -4.29. The van der Waals surface area contributed by atoms with Gasteiger partial charge in [0.05, 0.1) is 28.9 Å². The number of ether oxygens (including phenoxy) is 1. The molecule has 1 aromatic heterocycles. The fourth-order valence-corrected chi connectivity index (χ4v) is 5.04. The summed E-state index contributed by atoms with van der Waals surface area (Å²) in [5.41, 5.74) is 2.76. The van der Waals surface area contributed by atoms with Crippen molar-refractivity contribution in [3.8, 4) is 5.75 Å². The molecule has 0 atom stereocenters. The summed E-state index contributed by atoms with van der Waals surface area (Å²) in [6, 6.07) is 11.1. The molecule has 0 aliphatic carbocycles. The summed E-state index contributed by atoms with van der Waals surface area (Å²) in [5, 5.41) is 1.22. The number of hydrogen-bond donors (Lipinski definition) is 0. The van der Waals surface area contributed by atoms with E-state index in [1.54, 1.807) is 6.07 Å². The maximum Gasteiger partial charge on any atom is 0.282 e. The van der Waals surface area contributed by atoms with Crippen molar-refractivity contribution in [2.24, 2.45) is 0 Å². The van der Waals surface area contributed by atoms with E-state index >= 15 is 0 Å². The molecule has 34 heavy (non-hydrogen) atoms. The molecule has 0 fully saturated rings. The van der Waals surface area contributed by atoms with E-state index in [2.05, 4.69) is 4.57 Å². The van der Waals surface area contributed by atoms with Crippen LogP contribution in [0.1, 0.15) is 26.1 Å². The number of benzene rings is 2. The van der Waals surface area contributed by atoms with Gasteiger partial charge in [0.2, 0.25) is 5.88 Å². The standard InChI is InChI=1S/C24H25Cl2N3O4S/c1-3-27-19-11-9-17(25)15-20(19)29(13-6-14-34(30,31)32)23(27)7-5-8-24-28(4-2)21-16-18(26)10-12-22(21)33-24/h5,7-12,15-16H,3-4,6,13-14H2,1-2H3. The quantitative estimate of drug-likeness (QED) is 0.309. The Morgan fingerprint density at radius 1 is 1.12 bits per heavy atom. The highest BCUT2D eigenvalue weighted by atomic mass is 35.5. The number of nitrogens with zero attached hydrogens (tertiary/aromatic N) is 3. The van der Waals surface area contributed by atoms with E-state index in [1.807, 2.05) is 71.9 Å². The first-order valence-electron chi connectivity index (χ1n) is 11.0. The predicted octanol–water partition coefficient (Wildman–Crippen LogP) is 4.96. The van der Waals surface area contributed by atoms with Gasteiger partial charge in [-0.25, -0.2) is 17.6 Å². The first-order valence-corrected chi connectivity index (χ1v) is 13.3. The molecular formula is C24H25Cl2N3O4S. The summed E-state index contributed by atoms with van der Waals surface area (Å²) in [5.74, 6) is 1.87. The number of allylic oxidation sites excluding steroid dienone is 2. The van der Waals surface area contributed by atoms with Crippen LogP contribution < -0.4 is 14.2 Å². The van der Waals surface area contributed by atoms with Crippen molar-refractivity contribution < 1.29 is 22.3 Å². The first kappa shape index (κ1) is 24.6. The highest BCUT2D eigenvalue weighted by molar-refractivity contribution is 7.85. The van der Waals surface area contributed by atoms with Crippen molar-refractivity contribution in [2.45, 2.75) is 33.4 Å². The van der Waals surface area contributed by atoms with Gasteiger partial charge in [-0.3, -0.25) is 0 Å². The molecule has 0 saturated carbocycles. The van der Waals surface area contributed by atoms with Crippen molar-refractivity contribution in [2.75, 3.05) is 17.2 Å². The summed E-state index contributed by atoms with van der Waals surface area (Å²) in [6.45, 7) is 5.85. The Kier molecular flexibility index (Phi) is 7.23. The lowest BCUT2D eigenvalue weighted by Crippen LogP contribution is -2.35. The molecule has 3 aromatic rings. The molecule has 180 valence electrons. The molecule has 10 heteroatoms. The Morgan fingerprint density at radius 3 is 2.56 bits per heavy atom. The number of imidazole rings is 1. The van der Waals surface area contributed by atoms with Crippen molar-refractivity contribution in [3.05, 3.63) is 70.3 Å². The summed E-state index contributed by atoms with van der Waals surface area (Å²) in [6.07, 6.45) is 5.93. The van der Waals surface area contributed by atoms with E-state index in [0.29, 0.717) is 35.6 Å². The summed E-state index contributed by atoms with van der Waals surface area (Å²) in [7, 11) is -4.29. The van der Waals surface area contributed by atoms with Crippen molar-refractivity contribution in [3.63, 3.8) is 0 Å². The monoisotopic (exact) mass is 521 g/mol. The average Bonchev–Trinajstić information content (AvgIpc) is 3.27. The second kappa shape index (κ2) is 10.00. The van der Waals surface area contributed by atoms with Crippen molar-refractivity contribution in [1.82, 2.24) is 4.57 Å². The lowest BCUT2D eigenvalue weighted by Gasteiger charge is -2.15. The van der Waals surface area contributed by atoms with Crippen LogP contribution in [0.3, 0.4) is 0 Å². The van der Waals surface area contributed by atoms with Crippen LogP contribution in [0.4, 0.5) is 5.69 Å². The molecule has 0 amide bonds. The van der Waals surface area contributed by atoms with Gasteiger partial charge >= 0.3 is 0 Å². The predicted molar refractivity (Wildman–Crippen MR) is 134 cm³/mol. The summed E-state index contributed by atoms with van der Waals surface area (Å²) >= 11 is 12.4. The molecule has 0 bridgehead atoms. The molecule has 1 aliphatic rings. The third-order valence-corrected chi connectivity index (χ3v) is 6.92. The molecule has 0 radical (unpaired) electrons. The van der Waals surface area contributed by atoms with Crippen LogP contribution in [0.25, 0.3) is 17.1 Å². The molecule has 0 unspecified atom stereocenters. The first-order chi connectivity index (χ1) is 16.2. The number of hydrogen-bond acceptors (Lipinski definition) is 5. The Morgan fingerprint density at radius 2 is 1.85 bits per heavy atom. The number of aryl methyl sites for hydroxylation is 2. The Hall–Kier alpha value is -2.52. The summed E-state index contributed by atoms with van der Waals surface area (Å²) in [4.78, 5) is 2.04. The van der Waals surface area contributed by atoms with Gasteiger partial charge in [-0.15, -0.1) is 0 Å². The zero-order valence-electron chi connectivity index (χ0n) is 18.9. The SMILES string of the molecule is CCN1/C(=C\C=C/c2n(CCCS(=O)(=O)[O-])c3cc(Cl)ccc3[n+]2CC)Oc2ccc(Cl)cc21. The second-order valence-corrected chi connectivity index (χ2v) is 10.2. The van der Waals surface area contributed by atoms with E-state index < -0.39 is 15.9 Å². The third-order valence-electron chi connectivity index (χ3n) is 5.66. The van der Waals surface area contributed by atoms with E-state index in [9.17, 15) is 13.0 Å². The van der Waals surface area contributed by atoms with Gasteiger partial charge in [0.25, 0.3) is 5.82 Å². The number of aromatic nitrogens is 2. The molecule has 0 spiro atoms. The minimum Gasteiger partial charge on any atom is -0.748 e. The average molecular weight is 522 g/mol. The molecule has 7 nitrogen and oxygen atoms in total. The van der Waals surface area contributed by atoms with Gasteiger partial charge in [0.1, 0.15) is 0 Å². The van der Waals surface area contributed by atoms with Crippen LogP contribution in [-0.4, -0.2) is 29.8 Å². The van der Waals surface area contributed by atoms with Gasteiger partial charge in [-0.1, -0.05) is 23.2 Å². The van der Waals surface area contributed by atoms with Crippen LogP contribution in [0.15, 0.2) is 54.4 Å². The maximum absolute atomic E-state index is 11.1. The normalized spacial score (nSPS) is 15.0. The number of anilines is 1. The molecule has 1 aliphatic heterocycles. The largest absolute Gasteiger partial charge is 0.748 e. The van der Waals surface area contributed by atoms with E-state index in [0.717, 1.165) is 28.3 Å². The lowest BCUT2D eigenvalue weighted by atomic mass is 10.3. The molecule has 2 heterocycles. The van der Waals surface area contributed by atoms with Crippen LogP contribution in [0.5, 0.6) is 5.75 Å². The molecule has 4 rings (SSSR count). The highest BCUT2D eigenvalue weighted by Crippen LogP contribution is 2.40. The fraction of sp³-hybridized carbons (Fsp3) is 0.292. The Bertz CT molecular complexity index is 1400. The highest BCUT2D eigenvalue weighted by Gasteiger charge is 2.25. The van der Waals surface area contributed by atoms with E-state index in [1.165, 1.54) is 0 Å². The molecule has 0 N–H and O–H groups in total. The fourth-order valence-electron chi connectivity index (χ4n) is 4.22. The molecular weight excluding hydrogens is 497 g/mol. The zero-order chi connectivity index (χ0) is 24.5. The van der Waals surface area contributed by atoms with Crippen LogP contribution in [-0.2, 0) is 23.2 Å². The van der Waals surface area contributed by atoms with E-state index in [-0.39, 0.29) is 6.42 Å². The second-order valence-electron chi connectivity index (χ2n) is 7.82. The topological polar surface area (TPSA) is 78.5 Å². The molecule has 2 aromatic carbocycles. The van der Waals surface area contributed by atoms with Crippen molar-refractivity contribution >= 4 is 56.1 Å². The Balaban J connectivity index is 1.71. The maximum atomic E-state index is 11.1. The smallest absolute Gasteiger partial charge is 0.282 e. The van der Waals surface area contributed by atoms with Gasteiger partial charge in [0.15, 0.2) is 16.8 Å². The van der Waals surface area contributed by atoms with Gasteiger partial charge in [-0.05, 0) is 62.8 Å².